The molecule has 0 aliphatic heterocycles. The first kappa shape index (κ1) is 16.9. The van der Waals surface area contributed by atoms with Crippen LogP contribution in [0.1, 0.15) is 11.3 Å². The van der Waals surface area contributed by atoms with Crippen LogP contribution in [0.5, 0.6) is 0 Å². The van der Waals surface area contributed by atoms with E-state index in [1.165, 1.54) is 12.1 Å². The van der Waals surface area contributed by atoms with Crippen LogP contribution in [0.15, 0.2) is 48.7 Å². The first-order valence-electron chi connectivity index (χ1n) is 6.95. The highest BCUT2D eigenvalue weighted by Gasteiger charge is 2.30. The molecule has 0 amide bonds. The van der Waals surface area contributed by atoms with Crippen molar-refractivity contribution < 1.29 is 13.2 Å². The van der Waals surface area contributed by atoms with Gasteiger partial charge in [-0.05, 0) is 49.4 Å². The zero-order valence-electron chi connectivity index (χ0n) is 12.4. The van der Waals surface area contributed by atoms with E-state index in [-0.39, 0.29) is 0 Å². The second kappa shape index (κ2) is 6.15. The van der Waals surface area contributed by atoms with Gasteiger partial charge in [-0.1, -0.05) is 23.2 Å². The van der Waals surface area contributed by atoms with Crippen LogP contribution >= 0.6 is 23.2 Å². The summed E-state index contributed by atoms with van der Waals surface area (Å²) in [6.45, 7) is 1.82. The summed E-state index contributed by atoms with van der Waals surface area (Å²) in [6.07, 6.45) is -2.73. The second-order valence-corrected chi connectivity index (χ2v) is 6.07. The van der Waals surface area contributed by atoms with Gasteiger partial charge in [-0.15, -0.1) is 0 Å². The molecule has 0 bridgehead atoms. The van der Waals surface area contributed by atoms with E-state index in [2.05, 4.69) is 4.98 Å². The fourth-order valence-corrected chi connectivity index (χ4v) is 2.92. The molecule has 0 aliphatic carbocycles. The first-order valence-corrected chi connectivity index (χ1v) is 7.70. The van der Waals surface area contributed by atoms with Crippen LogP contribution in [0.2, 0.25) is 10.0 Å². The third kappa shape index (κ3) is 3.14. The lowest BCUT2D eigenvalue weighted by molar-refractivity contribution is -0.137. The summed E-state index contributed by atoms with van der Waals surface area (Å²) in [7, 11) is 0. The van der Waals surface area contributed by atoms with Gasteiger partial charge in [0, 0.05) is 28.2 Å². The van der Waals surface area contributed by atoms with Crippen LogP contribution < -0.4 is 0 Å². The van der Waals surface area contributed by atoms with Gasteiger partial charge in [0.2, 0.25) is 0 Å². The molecule has 3 rings (SSSR count). The Hall–Kier alpha value is -1.98. The number of alkyl halides is 3. The first-order chi connectivity index (χ1) is 11.3. The lowest BCUT2D eigenvalue weighted by Crippen LogP contribution is -2.06. The number of benzene rings is 2. The number of imidazole rings is 1. The summed E-state index contributed by atoms with van der Waals surface area (Å²) < 4.78 is 39.9. The highest BCUT2D eigenvalue weighted by Crippen LogP contribution is 2.33. The molecule has 24 heavy (non-hydrogen) atoms. The Morgan fingerprint density at radius 2 is 1.67 bits per heavy atom. The minimum absolute atomic E-state index is 0.418. The molecule has 0 saturated carbocycles. The zero-order chi connectivity index (χ0) is 17.5. The Labute approximate surface area is 146 Å². The zero-order valence-corrected chi connectivity index (χ0v) is 13.9. The number of halogens is 5. The molecule has 0 N–H and O–H groups in total. The molecule has 3 aromatic rings. The van der Waals surface area contributed by atoms with Crippen LogP contribution in [0, 0.1) is 6.92 Å². The van der Waals surface area contributed by atoms with Gasteiger partial charge in [-0.3, -0.25) is 4.57 Å². The molecule has 0 saturated heterocycles. The molecule has 0 radical (unpaired) electrons. The maximum Gasteiger partial charge on any atom is 0.416 e. The maximum atomic E-state index is 12.7. The molecule has 1 aromatic heterocycles. The van der Waals surface area contributed by atoms with Crippen molar-refractivity contribution in [3.63, 3.8) is 0 Å². The molecule has 7 heteroatoms. The third-order valence-electron chi connectivity index (χ3n) is 3.56. The molecular formula is C17H11Cl2F3N2. The summed E-state index contributed by atoms with van der Waals surface area (Å²) in [5.74, 6) is 0.536. The lowest BCUT2D eigenvalue weighted by atomic mass is 10.1. The second-order valence-electron chi connectivity index (χ2n) is 5.23. The van der Waals surface area contributed by atoms with E-state index < -0.39 is 11.7 Å². The molecule has 0 atom stereocenters. The molecule has 1 heterocycles. The highest BCUT2D eigenvalue weighted by atomic mass is 35.5. The summed E-state index contributed by atoms with van der Waals surface area (Å²) in [6, 6.07) is 9.91. The molecule has 124 valence electrons. The van der Waals surface area contributed by atoms with Crippen LogP contribution in [-0.2, 0) is 6.18 Å². The maximum absolute atomic E-state index is 12.7. The Balaban J connectivity index is 2.11. The molecule has 0 fully saturated rings. The Kier molecular flexibility index (Phi) is 4.32. The topological polar surface area (TPSA) is 17.8 Å². The van der Waals surface area contributed by atoms with Crippen molar-refractivity contribution in [1.29, 1.82) is 0 Å². The van der Waals surface area contributed by atoms with E-state index in [1.54, 1.807) is 29.0 Å². The van der Waals surface area contributed by atoms with Gasteiger partial charge in [0.15, 0.2) is 0 Å². The van der Waals surface area contributed by atoms with Gasteiger partial charge < -0.3 is 0 Å². The largest absolute Gasteiger partial charge is 0.416 e. The third-order valence-corrected chi connectivity index (χ3v) is 4.11. The minimum Gasteiger partial charge on any atom is -0.297 e. The van der Waals surface area contributed by atoms with Crippen molar-refractivity contribution >= 4 is 23.2 Å². The van der Waals surface area contributed by atoms with Gasteiger partial charge in [0.1, 0.15) is 5.82 Å². The fourth-order valence-electron chi connectivity index (χ4n) is 2.42. The number of hydrogen-bond acceptors (Lipinski definition) is 1. The summed E-state index contributed by atoms with van der Waals surface area (Å²) >= 11 is 12.1. The van der Waals surface area contributed by atoms with E-state index in [0.29, 0.717) is 27.1 Å². The van der Waals surface area contributed by atoms with E-state index >= 15 is 0 Å². The quantitative estimate of drug-likeness (QED) is 0.527. The molecule has 2 nitrogen and oxygen atoms in total. The van der Waals surface area contributed by atoms with Gasteiger partial charge in [-0.25, -0.2) is 4.98 Å². The monoisotopic (exact) mass is 370 g/mol. The predicted molar refractivity (Wildman–Crippen MR) is 88.8 cm³/mol. The fraction of sp³-hybridized carbons (Fsp3) is 0.118. The van der Waals surface area contributed by atoms with Crippen LogP contribution in [-0.4, -0.2) is 9.55 Å². The summed E-state index contributed by atoms with van der Waals surface area (Å²) in [5, 5.41) is 0.911. The van der Waals surface area contributed by atoms with Gasteiger partial charge in [-0.2, -0.15) is 13.2 Å². The summed E-state index contributed by atoms with van der Waals surface area (Å²) in [5.41, 5.74) is 1.29. The Bertz CT molecular complexity index is 884. The van der Waals surface area contributed by atoms with E-state index in [4.69, 9.17) is 23.2 Å². The van der Waals surface area contributed by atoms with Crippen LogP contribution in [0.4, 0.5) is 13.2 Å². The average molecular weight is 371 g/mol. The van der Waals surface area contributed by atoms with E-state index in [9.17, 15) is 13.2 Å². The van der Waals surface area contributed by atoms with Crippen LogP contribution in [0.3, 0.4) is 0 Å². The van der Waals surface area contributed by atoms with Gasteiger partial charge >= 0.3 is 6.18 Å². The number of aromatic nitrogens is 2. The Morgan fingerprint density at radius 3 is 2.25 bits per heavy atom. The minimum atomic E-state index is -4.37. The van der Waals surface area contributed by atoms with Gasteiger partial charge in [0.05, 0.1) is 10.6 Å². The van der Waals surface area contributed by atoms with Crippen LogP contribution in [0.25, 0.3) is 17.1 Å². The highest BCUT2D eigenvalue weighted by molar-refractivity contribution is 6.36. The molecule has 0 aliphatic rings. The summed E-state index contributed by atoms with van der Waals surface area (Å²) in [4.78, 5) is 4.34. The molecule has 2 aromatic carbocycles. The standard InChI is InChI=1S/C17H11Cl2F3N2/c1-10-9-23-16(14-7-4-12(18)8-15(14)19)24(10)13-5-2-11(3-6-13)17(20,21)22/h2-9H,1H3. The van der Waals surface area contributed by atoms with Crippen molar-refractivity contribution in [1.82, 2.24) is 9.55 Å². The number of hydrogen-bond donors (Lipinski definition) is 0. The lowest BCUT2D eigenvalue weighted by Gasteiger charge is -2.13. The van der Waals surface area contributed by atoms with Crippen molar-refractivity contribution in [2.45, 2.75) is 13.1 Å². The number of aryl methyl sites for hydroxylation is 1. The number of nitrogens with zero attached hydrogens (tertiary/aromatic N) is 2. The molecular weight excluding hydrogens is 360 g/mol. The predicted octanol–water partition coefficient (Wildman–Crippen LogP) is 6.17. The van der Waals surface area contributed by atoms with Crippen molar-refractivity contribution in [2.75, 3.05) is 0 Å². The normalized spacial score (nSPS) is 11.8. The molecule has 0 unspecified atom stereocenters. The van der Waals surface area contributed by atoms with Crippen molar-refractivity contribution in [2.24, 2.45) is 0 Å². The van der Waals surface area contributed by atoms with Crippen molar-refractivity contribution in [3.05, 3.63) is 70.0 Å². The van der Waals surface area contributed by atoms with Crippen molar-refractivity contribution in [3.8, 4) is 17.1 Å². The Morgan fingerprint density at radius 1 is 1.00 bits per heavy atom. The number of rotatable bonds is 2. The van der Waals surface area contributed by atoms with E-state index in [0.717, 1.165) is 17.8 Å². The molecule has 0 spiro atoms. The SMILES string of the molecule is Cc1cnc(-c2ccc(Cl)cc2Cl)n1-c1ccc(C(F)(F)F)cc1. The van der Waals surface area contributed by atoms with E-state index in [1.807, 2.05) is 6.92 Å². The average Bonchev–Trinajstić information content (AvgIpc) is 2.88. The smallest absolute Gasteiger partial charge is 0.297 e. The van der Waals surface area contributed by atoms with Gasteiger partial charge in [0.25, 0.3) is 0 Å².